The van der Waals surface area contributed by atoms with E-state index in [9.17, 15) is 0 Å². The van der Waals surface area contributed by atoms with Gasteiger partial charge in [0.25, 0.3) is 0 Å². The molecule has 1 aliphatic carbocycles. The second-order valence-electron chi connectivity index (χ2n) is 5.27. The molecule has 2 N–H and O–H groups in total. The molecule has 0 heterocycles. The summed E-state index contributed by atoms with van der Waals surface area (Å²) in [7, 11) is 0. The van der Waals surface area contributed by atoms with Crippen molar-refractivity contribution in [2.75, 3.05) is 0 Å². The molecular weight excluding hydrogens is 234 g/mol. The predicted octanol–water partition coefficient (Wildman–Crippen LogP) is 4.28. The van der Waals surface area contributed by atoms with Crippen LogP contribution in [0.2, 0.25) is 0 Å². The van der Waals surface area contributed by atoms with Crippen molar-refractivity contribution in [2.24, 2.45) is 11.7 Å². The standard InChI is InChI=1S/C17H19NO/c18-17(12-13-6-7-13)14-8-10-16(11-9-14)19-15-4-2-1-3-5-15/h1-5,8-11,13,17H,6-7,12,18H2/t17-/m0/s1. The normalized spacial score (nSPS) is 16.1. The van der Waals surface area contributed by atoms with Gasteiger partial charge in [-0.25, -0.2) is 0 Å². The van der Waals surface area contributed by atoms with E-state index in [0.717, 1.165) is 23.8 Å². The van der Waals surface area contributed by atoms with Gasteiger partial charge in [-0.15, -0.1) is 0 Å². The van der Waals surface area contributed by atoms with Gasteiger partial charge in [0.2, 0.25) is 0 Å². The number of para-hydroxylation sites is 1. The van der Waals surface area contributed by atoms with Gasteiger partial charge >= 0.3 is 0 Å². The van der Waals surface area contributed by atoms with E-state index in [-0.39, 0.29) is 6.04 Å². The summed E-state index contributed by atoms with van der Waals surface area (Å²) < 4.78 is 5.77. The van der Waals surface area contributed by atoms with Crippen LogP contribution in [0.15, 0.2) is 54.6 Å². The Hall–Kier alpha value is -1.80. The van der Waals surface area contributed by atoms with Crippen LogP contribution in [0.1, 0.15) is 30.9 Å². The van der Waals surface area contributed by atoms with Crippen LogP contribution in [0.3, 0.4) is 0 Å². The highest BCUT2D eigenvalue weighted by Gasteiger charge is 2.24. The third kappa shape index (κ3) is 3.36. The molecule has 2 heteroatoms. The van der Waals surface area contributed by atoms with E-state index in [2.05, 4.69) is 12.1 Å². The highest BCUT2D eigenvalue weighted by atomic mass is 16.5. The molecule has 1 atom stereocenters. The Kier molecular flexibility index (Phi) is 3.51. The Bertz CT molecular complexity index is 517. The molecule has 1 saturated carbocycles. The highest BCUT2D eigenvalue weighted by Crippen LogP contribution is 2.37. The fraction of sp³-hybridized carbons (Fsp3) is 0.294. The molecule has 1 aliphatic rings. The van der Waals surface area contributed by atoms with Crippen molar-refractivity contribution in [3.05, 3.63) is 60.2 Å². The van der Waals surface area contributed by atoms with E-state index in [1.165, 1.54) is 18.4 Å². The van der Waals surface area contributed by atoms with Crippen LogP contribution in [0.4, 0.5) is 0 Å². The molecule has 0 unspecified atom stereocenters. The Labute approximate surface area is 114 Å². The van der Waals surface area contributed by atoms with Crippen molar-refractivity contribution in [2.45, 2.75) is 25.3 Å². The summed E-state index contributed by atoms with van der Waals surface area (Å²) in [5.41, 5.74) is 7.40. The molecule has 0 aromatic heterocycles. The van der Waals surface area contributed by atoms with Crippen LogP contribution in [-0.2, 0) is 0 Å². The number of benzene rings is 2. The Morgan fingerprint density at radius 2 is 1.58 bits per heavy atom. The van der Waals surface area contributed by atoms with E-state index < -0.39 is 0 Å². The van der Waals surface area contributed by atoms with Gasteiger partial charge in [0.05, 0.1) is 0 Å². The summed E-state index contributed by atoms with van der Waals surface area (Å²) in [6.45, 7) is 0. The summed E-state index contributed by atoms with van der Waals surface area (Å²) in [6, 6.07) is 18.1. The molecule has 0 spiro atoms. The van der Waals surface area contributed by atoms with Crippen molar-refractivity contribution in [3.63, 3.8) is 0 Å². The van der Waals surface area contributed by atoms with Crippen molar-refractivity contribution in [3.8, 4) is 11.5 Å². The first-order valence-corrected chi connectivity index (χ1v) is 6.90. The smallest absolute Gasteiger partial charge is 0.127 e. The second kappa shape index (κ2) is 5.45. The van der Waals surface area contributed by atoms with Gasteiger partial charge in [0.15, 0.2) is 0 Å². The molecule has 2 aromatic rings. The first-order valence-electron chi connectivity index (χ1n) is 6.90. The van der Waals surface area contributed by atoms with E-state index >= 15 is 0 Å². The molecule has 2 nitrogen and oxygen atoms in total. The largest absolute Gasteiger partial charge is 0.457 e. The lowest BCUT2D eigenvalue weighted by Crippen LogP contribution is -2.10. The van der Waals surface area contributed by atoms with Crippen molar-refractivity contribution < 1.29 is 4.74 Å². The van der Waals surface area contributed by atoms with Gasteiger partial charge < -0.3 is 10.5 Å². The second-order valence-corrected chi connectivity index (χ2v) is 5.27. The zero-order chi connectivity index (χ0) is 13.1. The minimum absolute atomic E-state index is 0.165. The molecule has 1 fully saturated rings. The maximum absolute atomic E-state index is 6.20. The zero-order valence-corrected chi connectivity index (χ0v) is 11.0. The van der Waals surface area contributed by atoms with Gasteiger partial charge in [-0.3, -0.25) is 0 Å². The molecule has 0 amide bonds. The number of rotatable bonds is 5. The Morgan fingerprint density at radius 3 is 2.21 bits per heavy atom. The SMILES string of the molecule is N[C@@H](CC1CC1)c1ccc(Oc2ccccc2)cc1. The lowest BCUT2D eigenvalue weighted by atomic mass is 10.0. The lowest BCUT2D eigenvalue weighted by Gasteiger charge is -2.12. The average Bonchev–Trinajstić information content (AvgIpc) is 3.25. The third-order valence-electron chi connectivity index (χ3n) is 3.57. The molecule has 0 saturated heterocycles. The number of hydrogen-bond acceptors (Lipinski definition) is 2. The maximum atomic E-state index is 6.20. The van der Waals surface area contributed by atoms with Crippen LogP contribution >= 0.6 is 0 Å². The predicted molar refractivity (Wildman–Crippen MR) is 77.2 cm³/mol. The van der Waals surface area contributed by atoms with Crippen LogP contribution in [0.5, 0.6) is 11.5 Å². The minimum atomic E-state index is 0.165. The van der Waals surface area contributed by atoms with Crippen molar-refractivity contribution in [1.29, 1.82) is 0 Å². The minimum Gasteiger partial charge on any atom is -0.457 e. The quantitative estimate of drug-likeness (QED) is 0.863. The van der Waals surface area contributed by atoms with Gasteiger partial charge in [0.1, 0.15) is 11.5 Å². The molecule has 98 valence electrons. The lowest BCUT2D eigenvalue weighted by molar-refractivity contribution is 0.482. The van der Waals surface area contributed by atoms with Gasteiger partial charge in [-0.1, -0.05) is 43.2 Å². The van der Waals surface area contributed by atoms with Gasteiger partial charge in [-0.05, 0) is 42.2 Å². The maximum Gasteiger partial charge on any atom is 0.127 e. The summed E-state index contributed by atoms with van der Waals surface area (Å²) in [6.07, 6.45) is 3.81. The molecule has 0 bridgehead atoms. The van der Waals surface area contributed by atoms with E-state index in [1.54, 1.807) is 0 Å². The summed E-state index contributed by atoms with van der Waals surface area (Å²) >= 11 is 0. The van der Waals surface area contributed by atoms with Crippen molar-refractivity contribution >= 4 is 0 Å². The molecule has 3 rings (SSSR count). The fourth-order valence-electron chi connectivity index (χ4n) is 2.26. The first kappa shape index (κ1) is 12.2. The molecule has 0 aliphatic heterocycles. The molecule has 0 radical (unpaired) electrons. The zero-order valence-electron chi connectivity index (χ0n) is 11.0. The first-order chi connectivity index (χ1) is 9.31. The van der Waals surface area contributed by atoms with Crippen LogP contribution in [-0.4, -0.2) is 0 Å². The van der Waals surface area contributed by atoms with E-state index in [4.69, 9.17) is 10.5 Å². The molecule has 19 heavy (non-hydrogen) atoms. The van der Waals surface area contributed by atoms with E-state index in [1.807, 2.05) is 42.5 Å². The van der Waals surface area contributed by atoms with Crippen LogP contribution in [0, 0.1) is 5.92 Å². The van der Waals surface area contributed by atoms with Gasteiger partial charge in [0, 0.05) is 6.04 Å². The molecule has 2 aromatic carbocycles. The third-order valence-corrected chi connectivity index (χ3v) is 3.57. The van der Waals surface area contributed by atoms with Gasteiger partial charge in [-0.2, -0.15) is 0 Å². The Morgan fingerprint density at radius 1 is 0.947 bits per heavy atom. The van der Waals surface area contributed by atoms with Crippen molar-refractivity contribution in [1.82, 2.24) is 0 Å². The van der Waals surface area contributed by atoms with E-state index in [0.29, 0.717) is 0 Å². The monoisotopic (exact) mass is 253 g/mol. The van der Waals surface area contributed by atoms with Crippen LogP contribution in [0.25, 0.3) is 0 Å². The molecular formula is C17H19NO. The topological polar surface area (TPSA) is 35.2 Å². The average molecular weight is 253 g/mol. The summed E-state index contributed by atoms with van der Waals surface area (Å²) in [5.74, 6) is 2.57. The number of hydrogen-bond donors (Lipinski definition) is 1. The Balaban J connectivity index is 1.64. The number of nitrogens with two attached hydrogens (primary N) is 1. The number of ether oxygens (including phenoxy) is 1. The summed E-state index contributed by atoms with van der Waals surface area (Å²) in [5, 5.41) is 0. The summed E-state index contributed by atoms with van der Waals surface area (Å²) in [4.78, 5) is 0. The van der Waals surface area contributed by atoms with Crippen LogP contribution < -0.4 is 10.5 Å². The highest BCUT2D eigenvalue weighted by molar-refractivity contribution is 5.33. The fourth-order valence-corrected chi connectivity index (χ4v) is 2.26.